The van der Waals surface area contributed by atoms with E-state index in [0.29, 0.717) is 0 Å². The summed E-state index contributed by atoms with van der Waals surface area (Å²) >= 11 is 0. The smallest absolute Gasteiger partial charge is 0.104 e. The number of rotatable bonds is 1. The summed E-state index contributed by atoms with van der Waals surface area (Å²) < 4.78 is 12.2. The second-order valence-corrected chi connectivity index (χ2v) is 2.49. The summed E-state index contributed by atoms with van der Waals surface area (Å²) in [6.45, 7) is 3.49. The lowest BCUT2D eigenvalue weighted by Gasteiger charge is -1.95. The molecule has 0 radical (unpaired) electrons. The maximum atomic E-state index is 10.5. The molecule has 0 aromatic heterocycles. The molecular weight excluding hydrogens is 122 g/mol. The third kappa shape index (κ3) is 0.924. The first kappa shape index (κ1) is 5.44. The first-order chi connectivity index (χ1) is 3.83. The van der Waals surface area contributed by atoms with Gasteiger partial charge in [-0.25, -0.2) is 0 Å². The molecule has 0 fully saturated rings. The minimum atomic E-state index is -0.904. The first-order valence-electron chi connectivity index (χ1n) is 2.15. The Bertz CT molecular complexity index is 162. The van der Waals surface area contributed by atoms with Crippen LogP contribution in [0.5, 0.6) is 0 Å². The van der Waals surface area contributed by atoms with Crippen LogP contribution >= 0.6 is 0 Å². The van der Waals surface area contributed by atoms with Gasteiger partial charge in [0, 0.05) is 0 Å². The van der Waals surface area contributed by atoms with E-state index >= 15 is 0 Å². The third-order valence-electron chi connectivity index (χ3n) is 0.804. The zero-order chi connectivity index (χ0) is 5.98. The van der Waals surface area contributed by atoms with Gasteiger partial charge in [-0.05, 0) is 0 Å². The van der Waals surface area contributed by atoms with Crippen molar-refractivity contribution in [1.82, 2.24) is 0 Å². The van der Waals surface area contributed by atoms with Crippen molar-refractivity contribution in [3.05, 3.63) is 24.4 Å². The molecule has 0 bridgehead atoms. The molecule has 0 amide bonds. The summed E-state index contributed by atoms with van der Waals surface area (Å²) in [5.41, 5.74) is 0. The number of hydrogen-bond donors (Lipinski definition) is 0. The predicted octanol–water partition coefficient (Wildman–Crippen LogP) is 0.257. The van der Waals surface area contributed by atoms with Crippen LogP contribution in [-0.4, -0.2) is 15.0 Å². The average Bonchev–Trinajstić information content (AvgIpc) is 2.14. The SMILES string of the molecule is C=C[N+]1=C[CH-]S(=O)[CH-]1. The highest BCUT2D eigenvalue weighted by atomic mass is 32.2. The van der Waals surface area contributed by atoms with Crippen LogP contribution in [0.2, 0.25) is 0 Å². The van der Waals surface area contributed by atoms with Crippen molar-refractivity contribution in [1.29, 1.82) is 0 Å². The molecule has 0 spiro atoms. The highest BCUT2D eigenvalue weighted by molar-refractivity contribution is 7.89. The maximum Gasteiger partial charge on any atom is 0.104 e. The van der Waals surface area contributed by atoms with Gasteiger partial charge in [0.05, 0.1) is 6.20 Å². The predicted molar refractivity (Wildman–Crippen MR) is 33.3 cm³/mol. The van der Waals surface area contributed by atoms with E-state index in [4.69, 9.17) is 0 Å². The fraction of sp³-hybridized carbons (Fsp3) is 0. The zero-order valence-corrected chi connectivity index (χ0v) is 5.10. The molecule has 0 N–H and O–H groups in total. The summed E-state index contributed by atoms with van der Waals surface area (Å²) in [6.07, 6.45) is 3.31. The fourth-order valence-electron chi connectivity index (χ4n) is 0.424. The van der Waals surface area contributed by atoms with Gasteiger partial charge in [0.15, 0.2) is 0 Å². The Morgan fingerprint density at radius 1 is 1.88 bits per heavy atom. The Labute approximate surface area is 51.0 Å². The molecule has 0 saturated carbocycles. The number of hydrogen-bond acceptors (Lipinski definition) is 1. The normalized spacial score (nSPS) is 25.5. The summed E-state index contributed by atoms with van der Waals surface area (Å²) in [5, 5.41) is 0. The summed E-state index contributed by atoms with van der Waals surface area (Å²) in [5.74, 6) is 3.18. The van der Waals surface area contributed by atoms with Crippen molar-refractivity contribution < 1.29 is 8.78 Å². The molecule has 1 unspecified atom stereocenters. The van der Waals surface area contributed by atoms with Gasteiger partial charge in [-0.1, -0.05) is 23.6 Å². The van der Waals surface area contributed by atoms with Crippen LogP contribution in [-0.2, 0) is 10.8 Å². The van der Waals surface area contributed by atoms with E-state index in [-0.39, 0.29) is 0 Å². The van der Waals surface area contributed by atoms with Crippen LogP contribution in [0.3, 0.4) is 0 Å². The van der Waals surface area contributed by atoms with E-state index in [1.807, 2.05) is 0 Å². The van der Waals surface area contributed by atoms with E-state index in [1.165, 1.54) is 0 Å². The lowest BCUT2D eigenvalue weighted by Crippen LogP contribution is -1.92. The second-order valence-electron chi connectivity index (χ2n) is 1.35. The van der Waals surface area contributed by atoms with E-state index < -0.39 is 10.8 Å². The molecule has 1 aliphatic rings. The van der Waals surface area contributed by atoms with Crippen molar-refractivity contribution in [3.63, 3.8) is 0 Å². The van der Waals surface area contributed by atoms with Gasteiger partial charge in [0.1, 0.15) is 5.88 Å². The Hall–Kier alpha value is -0.700. The maximum absolute atomic E-state index is 10.5. The van der Waals surface area contributed by atoms with E-state index in [2.05, 4.69) is 6.58 Å². The molecule has 3 heteroatoms. The zero-order valence-electron chi connectivity index (χ0n) is 4.28. The molecular formula is C5H6NOS-. The van der Waals surface area contributed by atoms with Crippen LogP contribution in [0.4, 0.5) is 0 Å². The van der Waals surface area contributed by atoms with Crippen molar-refractivity contribution in [2.45, 2.75) is 0 Å². The third-order valence-corrected chi connectivity index (χ3v) is 1.64. The topological polar surface area (TPSA) is 20.1 Å². The van der Waals surface area contributed by atoms with Crippen molar-refractivity contribution in [2.24, 2.45) is 0 Å². The Morgan fingerprint density at radius 3 is 2.88 bits per heavy atom. The van der Waals surface area contributed by atoms with Gasteiger partial charge in [-0.3, -0.25) is 9.96 Å². The largest absolute Gasteiger partial charge is 0.358 e. The van der Waals surface area contributed by atoms with Crippen LogP contribution in [0.15, 0.2) is 12.8 Å². The average molecular weight is 128 g/mol. The molecule has 8 heavy (non-hydrogen) atoms. The summed E-state index contributed by atoms with van der Waals surface area (Å²) in [7, 11) is -0.904. The monoisotopic (exact) mass is 128 g/mol. The van der Waals surface area contributed by atoms with Gasteiger partial charge in [-0.15, -0.1) is 0 Å². The van der Waals surface area contributed by atoms with Gasteiger partial charge in [0.2, 0.25) is 0 Å². The van der Waals surface area contributed by atoms with Gasteiger partial charge in [-0.2, -0.15) is 0 Å². The highest BCUT2D eigenvalue weighted by Gasteiger charge is 1.94. The van der Waals surface area contributed by atoms with Gasteiger partial charge >= 0.3 is 0 Å². The fourth-order valence-corrected chi connectivity index (χ4v) is 1.15. The number of nitrogens with zero attached hydrogens (tertiary/aromatic N) is 1. The molecule has 0 aliphatic carbocycles. The molecule has 0 saturated heterocycles. The molecule has 1 rings (SSSR count). The van der Waals surface area contributed by atoms with E-state index in [1.54, 1.807) is 28.6 Å². The van der Waals surface area contributed by atoms with Gasteiger partial charge < -0.3 is 4.58 Å². The van der Waals surface area contributed by atoms with Crippen LogP contribution in [0, 0.1) is 11.6 Å². The summed E-state index contributed by atoms with van der Waals surface area (Å²) in [4.78, 5) is 0. The highest BCUT2D eigenvalue weighted by Crippen LogP contribution is 2.00. The molecule has 1 atom stereocenters. The molecule has 0 aromatic carbocycles. The Morgan fingerprint density at radius 2 is 2.62 bits per heavy atom. The quantitative estimate of drug-likeness (QED) is 0.366. The minimum absolute atomic E-state index is 0.904. The van der Waals surface area contributed by atoms with Crippen molar-refractivity contribution >= 4 is 17.0 Å². The lowest BCUT2D eigenvalue weighted by molar-refractivity contribution is -0.386. The van der Waals surface area contributed by atoms with Crippen LogP contribution < -0.4 is 0 Å². The first-order valence-corrected chi connectivity index (χ1v) is 3.43. The molecule has 44 valence electrons. The molecule has 2 nitrogen and oxygen atoms in total. The Balaban J connectivity index is 2.61. The van der Waals surface area contributed by atoms with Gasteiger partial charge in [0.25, 0.3) is 0 Å². The molecule has 1 heterocycles. The summed E-state index contributed by atoms with van der Waals surface area (Å²) in [6, 6.07) is 0. The van der Waals surface area contributed by atoms with Crippen LogP contribution in [0.25, 0.3) is 0 Å². The van der Waals surface area contributed by atoms with Crippen molar-refractivity contribution in [2.75, 3.05) is 0 Å². The molecule has 1 aliphatic heterocycles. The van der Waals surface area contributed by atoms with Crippen LogP contribution in [0.1, 0.15) is 0 Å². The van der Waals surface area contributed by atoms with E-state index in [9.17, 15) is 4.21 Å². The Kier molecular flexibility index (Phi) is 1.39. The van der Waals surface area contributed by atoms with E-state index in [0.717, 1.165) is 0 Å². The van der Waals surface area contributed by atoms with Crippen molar-refractivity contribution in [3.8, 4) is 0 Å². The standard InChI is InChI=1S/C5H6NOS/c1-2-6-3-4-8(7)5-6/h2-5H,1H2/q-1. The lowest BCUT2D eigenvalue weighted by atomic mass is 10.8. The second kappa shape index (κ2) is 2.05. The minimum Gasteiger partial charge on any atom is -0.358 e. The molecule has 0 aromatic rings.